The second kappa shape index (κ2) is 8.36. The fourth-order valence-corrected chi connectivity index (χ4v) is 4.06. The van der Waals surface area contributed by atoms with Gasteiger partial charge in [-0.25, -0.2) is 0 Å². The Kier molecular flexibility index (Phi) is 5.88. The topological polar surface area (TPSA) is 104 Å². The molecule has 0 atom stereocenters. The van der Waals surface area contributed by atoms with E-state index in [9.17, 15) is 19.7 Å². The van der Waals surface area contributed by atoms with Crippen molar-refractivity contribution in [3.63, 3.8) is 0 Å². The molecule has 3 rings (SSSR count). The molecule has 0 aliphatic heterocycles. The van der Waals surface area contributed by atoms with Gasteiger partial charge in [0.25, 0.3) is 11.6 Å². The van der Waals surface area contributed by atoms with Crippen molar-refractivity contribution in [3.05, 3.63) is 68.0 Å². The predicted octanol–water partition coefficient (Wildman–Crippen LogP) is 3.53. The first-order valence-electron chi connectivity index (χ1n) is 8.89. The van der Waals surface area contributed by atoms with Crippen molar-refractivity contribution in [2.75, 3.05) is 6.61 Å². The maximum atomic E-state index is 12.7. The molecule has 0 saturated carbocycles. The van der Waals surface area contributed by atoms with E-state index in [1.54, 1.807) is 29.7 Å². The molecule has 0 aliphatic rings. The Hall–Kier alpha value is -3.33. The molecule has 1 heterocycles. The lowest BCUT2D eigenvalue weighted by Crippen LogP contribution is -2.23. The smallest absolute Gasteiger partial charge is 0.326 e. The number of nitrogens with zero attached hydrogens (tertiary/aromatic N) is 3. The minimum absolute atomic E-state index is 0.0748. The summed E-state index contributed by atoms with van der Waals surface area (Å²) in [5.41, 5.74) is 2.81. The van der Waals surface area contributed by atoms with Crippen LogP contribution in [0.25, 0.3) is 10.2 Å². The van der Waals surface area contributed by atoms with Gasteiger partial charge in [-0.05, 0) is 39.0 Å². The summed E-state index contributed by atoms with van der Waals surface area (Å²) in [6.45, 7) is 5.56. The lowest BCUT2D eigenvalue weighted by Gasteiger charge is -2.05. The standard InChI is InChI=1S/C20H19N3O5S/c1-4-28-18(24)11-22-16-6-5-15(23(26)27)10-17(16)29-20(22)21-19(25)14-8-12(2)7-13(3)9-14/h5-10H,4,11H2,1-3H3. The van der Waals surface area contributed by atoms with Gasteiger partial charge in [0.1, 0.15) is 6.54 Å². The minimum Gasteiger partial charge on any atom is -0.465 e. The van der Waals surface area contributed by atoms with E-state index in [0.29, 0.717) is 15.8 Å². The molecule has 0 bridgehead atoms. The van der Waals surface area contributed by atoms with Crippen molar-refractivity contribution in [2.45, 2.75) is 27.3 Å². The van der Waals surface area contributed by atoms with Crippen LogP contribution < -0.4 is 4.80 Å². The number of non-ortho nitro benzene ring substituents is 1. The second-order valence-corrected chi connectivity index (χ2v) is 7.49. The number of nitro benzene ring substituents is 1. The number of ether oxygens (including phenoxy) is 1. The van der Waals surface area contributed by atoms with Gasteiger partial charge in [-0.15, -0.1) is 0 Å². The monoisotopic (exact) mass is 413 g/mol. The molecule has 0 fully saturated rings. The molecule has 29 heavy (non-hydrogen) atoms. The number of aromatic nitrogens is 1. The van der Waals surface area contributed by atoms with Crippen LogP contribution in [-0.4, -0.2) is 28.0 Å². The zero-order valence-corrected chi connectivity index (χ0v) is 17.0. The van der Waals surface area contributed by atoms with Gasteiger partial charge in [0.15, 0.2) is 4.80 Å². The third-order valence-corrected chi connectivity index (χ3v) is 5.18. The Labute approximate surface area is 170 Å². The van der Waals surface area contributed by atoms with Crippen molar-refractivity contribution in [1.82, 2.24) is 4.57 Å². The first-order chi connectivity index (χ1) is 13.8. The number of fused-ring (bicyclic) bond motifs is 1. The van der Waals surface area contributed by atoms with Crippen molar-refractivity contribution in [3.8, 4) is 0 Å². The molecule has 9 heteroatoms. The summed E-state index contributed by atoms with van der Waals surface area (Å²) in [5, 5.41) is 11.1. The molecule has 0 N–H and O–H groups in total. The highest BCUT2D eigenvalue weighted by Crippen LogP contribution is 2.23. The zero-order valence-electron chi connectivity index (χ0n) is 16.2. The van der Waals surface area contributed by atoms with Crippen LogP contribution in [0.3, 0.4) is 0 Å². The van der Waals surface area contributed by atoms with E-state index in [-0.39, 0.29) is 23.6 Å². The third-order valence-electron chi connectivity index (χ3n) is 4.14. The maximum Gasteiger partial charge on any atom is 0.326 e. The second-order valence-electron chi connectivity index (χ2n) is 6.48. The fourth-order valence-electron chi connectivity index (χ4n) is 3.00. The van der Waals surface area contributed by atoms with Gasteiger partial charge in [-0.1, -0.05) is 28.5 Å². The fraction of sp³-hybridized carbons (Fsp3) is 0.250. The molecular weight excluding hydrogens is 394 g/mol. The highest BCUT2D eigenvalue weighted by molar-refractivity contribution is 7.16. The van der Waals surface area contributed by atoms with Crippen molar-refractivity contribution in [2.24, 2.45) is 4.99 Å². The largest absolute Gasteiger partial charge is 0.465 e. The first kappa shape index (κ1) is 20.4. The van der Waals surface area contributed by atoms with Crippen LogP contribution in [-0.2, 0) is 16.1 Å². The molecule has 2 aromatic carbocycles. The summed E-state index contributed by atoms with van der Waals surface area (Å²) < 4.78 is 7.11. The van der Waals surface area contributed by atoms with Crippen LogP contribution in [0.5, 0.6) is 0 Å². The zero-order chi connectivity index (χ0) is 21.1. The first-order valence-corrected chi connectivity index (χ1v) is 9.71. The quantitative estimate of drug-likeness (QED) is 0.362. The number of nitro groups is 1. The van der Waals surface area contributed by atoms with Crippen LogP contribution in [0.15, 0.2) is 41.4 Å². The summed E-state index contributed by atoms with van der Waals surface area (Å²) >= 11 is 1.11. The number of esters is 1. The van der Waals surface area contributed by atoms with Gasteiger partial charge in [0, 0.05) is 17.7 Å². The number of benzene rings is 2. The molecule has 0 radical (unpaired) electrons. The minimum atomic E-state index is -0.494. The number of thiazole rings is 1. The van der Waals surface area contributed by atoms with E-state index < -0.39 is 16.8 Å². The Balaban J connectivity index is 2.15. The van der Waals surface area contributed by atoms with Gasteiger partial charge in [-0.2, -0.15) is 4.99 Å². The molecule has 8 nitrogen and oxygen atoms in total. The van der Waals surface area contributed by atoms with E-state index in [1.165, 1.54) is 12.1 Å². The van der Waals surface area contributed by atoms with Crippen molar-refractivity contribution in [1.29, 1.82) is 0 Å². The predicted molar refractivity (Wildman–Crippen MR) is 109 cm³/mol. The number of hydrogen-bond donors (Lipinski definition) is 0. The Morgan fingerprint density at radius 2 is 1.86 bits per heavy atom. The Morgan fingerprint density at radius 1 is 1.17 bits per heavy atom. The van der Waals surface area contributed by atoms with Crippen LogP contribution in [0, 0.1) is 24.0 Å². The van der Waals surface area contributed by atoms with Gasteiger partial charge >= 0.3 is 5.97 Å². The molecule has 1 amide bonds. The van der Waals surface area contributed by atoms with E-state index >= 15 is 0 Å². The molecule has 0 saturated heterocycles. The molecule has 1 aromatic heterocycles. The number of aryl methyl sites for hydroxylation is 2. The van der Waals surface area contributed by atoms with E-state index in [1.807, 2.05) is 19.9 Å². The van der Waals surface area contributed by atoms with E-state index in [0.717, 1.165) is 22.5 Å². The Bertz CT molecular complexity index is 1170. The molecule has 3 aromatic rings. The number of carbonyl (C=O) groups excluding carboxylic acids is 2. The molecular formula is C20H19N3O5S. The van der Waals surface area contributed by atoms with E-state index in [2.05, 4.69) is 4.99 Å². The average Bonchev–Trinajstić information content (AvgIpc) is 2.97. The lowest BCUT2D eigenvalue weighted by atomic mass is 10.1. The van der Waals surface area contributed by atoms with Gasteiger partial charge in [-0.3, -0.25) is 19.7 Å². The molecule has 150 valence electrons. The van der Waals surface area contributed by atoms with Gasteiger partial charge in [0.2, 0.25) is 0 Å². The summed E-state index contributed by atoms with van der Waals surface area (Å²) in [5.74, 6) is -0.929. The van der Waals surface area contributed by atoms with Crippen LogP contribution >= 0.6 is 11.3 Å². The van der Waals surface area contributed by atoms with Crippen molar-refractivity contribution >= 4 is 39.1 Å². The summed E-state index contributed by atoms with van der Waals surface area (Å²) in [4.78, 5) is 39.9. The number of carbonyl (C=O) groups is 2. The highest BCUT2D eigenvalue weighted by Gasteiger charge is 2.16. The molecule has 0 spiro atoms. The van der Waals surface area contributed by atoms with Crippen molar-refractivity contribution < 1.29 is 19.2 Å². The normalized spacial score (nSPS) is 11.6. The average molecular weight is 413 g/mol. The van der Waals surface area contributed by atoms with Gasteiger partial charge < -0.3 is 9.30 Å². The van der Waals surface area contributed by atoms with Crippen LogP contribution in [0.1, 0.15) is 28.4 Å². The van der Waals surface area contributed by atoms with Crippen LogP contribution in [0.4, 0.5) is 5.69 Å². The summed E-state index contributed by atoms with van der Waals surface area (Å²) in [6.07, 6.45) is 0. The molecule has 0 aliphatic carbocycles. The number of rotatable bonds is 5. The number of hydrogen-bond acceptors (Lipinski definition) is 6. The lowest BCUT2D eigenvalue weighted by molar-refractivity contribution is -0.384. The number of amides is 1. The summed E-state index contributed by atoms with van der Waals surface area (Å²) in [6, 6.07) is 9.74. The third kappa shape index (κ3) is 4.57. The maximum absolute atomic E-state index is 12.7. The summed E-state index contributed by atoms with van der Waals surface area (Å²) in [7, 11) is 0. The van der Waals surface area contributed by atoms with Crippen LogP contribution in [0.2, 0.25) is 0 Å². The van der Waals surface area contributed by atoms with E-state index in [4.69, 9.17) is 4.74 Å². The van der Waals surface area contributed by atoms with Gasteiger partial charge in [0.05, 0.1) is 21.7 Å². The highest BCUT2D eigenvalue weighted by atomic mass is 32.1. The Morgan fingerprint density at radius 3 is 2.48 bits per heavy atom. The molecule has 0 unspecified atom stereocenters. The SMILES string of the molecule is CCOC(=O)Cn1c(=NC(=O)c2cc(C)cc(C)c2)sc2cc([N+](=O)[O-])ccc21.